The van der Waals surface area contributed by atoms with E-state index in [0.717, 1.165) is 6.42 Å². The van der Waals surface area contributed by atoms with Crippen molar-refractivity contribution in [2.45, 2.75) is 19.3 Å². The number of guanidine groups is 1. The Kier molecular flexibility index (Phi) is 1.74. The Morgan fingerprint density at radius 1 is 1.29 bits per heavy atom. The van der Waals surface area contributed by atoms with Gasteiger partial charge in [0, 0.05) is 0 Å². The van der Waals surface area contributed by atoms with Gasteiger partial charge in [-0.25, -0.2) is 0 Å². The van der Waals surface area contributed by atoms with Gasteiger partial charge in [0.2, 0.25) is 24.0 Å². The molecule has 0 aromatic rings. The molecule has 14 heavy (non-hydrogen) atoms. The number of hydrogen-bond donors (Lipinski definition) is 2. The molecule has 2 fully saturated rings. The van der Waals surface area contributed by atoms with Crippen molar-refractivity contribution in [2.75, 3.05) is 0 Å². The Morgan fingerprint density at radius 3 is 2.21 bits per heavy atom. The van der Waals surface area contributed by atoms with Crippen LogP contribution < -0.4 is 10.6 Å². The van der Waals surface area contributed by atoms with Gasteiger partial charge in [-0.15, -0.1) is 4.99 Å². The summed E-state index contributed by atoms with van der Waals surface area (Å²) >= 11 is 0. The third kappa shape index (κ3) is 0.988. The zero-order valence-corrected chi connectivity index (χ0v) is 7.33. The lowest BCUT2D eigenvalue weighted by atomic mass is 9.66. The summed E-state index contributed by atoms with van der Waals surface area (Å²) in [7, 11) is 0. The summed E-state index contributed by atoms with van der Waals surface area (Å²) in [6.07, 6.45) is 3.53. The summed E-state index contributed by atoms with van der Waals surface area (Å²) in [4.78, 5) is 26.3. The SMILES string of the molecule is N#CN=C1NC(=O)C2(CCC2)C(=O)N1. The van der Waals surface area contributed by atoms with Crippen molar-refractivity contribution in [2.24, 2.45) is 10.4 Å². The minimum Gasteiger partial charge on any atom is -0.295 e. The number of carbonyl (C=O) groups is 2. The van der Waals surface area contributed by atoms with Crippen molar-refractivity contribution in [3.8, 4) is 6.19 Å². The molecule has 72 valence electrons. The smallest absolute Gasteiger partial charge is 0.242 e. The minimum atomic E-state index is -0.894. The zero-order chi connectivity index (χ0) is 10.2. The molecule has 0 aromatic heterocycles. The zero-order valence-electron chi connectivity index (χ0n) is 7.33. The molecular weight excluding hydrogens is 184 g/mol. The summed E-state index contributed by atoms with van der Waals surface area (Å²) in [5, 5.41) is 13.0. The van der Waals surface area contributed by atoms with E-state index in [2.05, 4.69) is 15.6 Å². The van der Waals surface area contributed by atoms with Crippen LogP contribution >= 0.6 is 0 Å². The lowest BCUT2D eigenvalue weighted by Gasteiger charge is -2.41. The van der Waals surface area contributed by atoms with Crippen molar-refractivity contribution in [3.63, 3.8) is 0 Å². The Morgan fingerprint density at radius 2 is 1.86 bits per heavy atom. The highest BCUT2D eigenvalue weighted by Crippen LogP contribution is 2.42. The van der Waals surface area contributed by atoms with Crippen LogP contribution in [0, 0.1) is 16.9 Å². The second-order valence-electron chi connectivity index (χ2n) is 3.40. The Bertz CT molecular complexity index is 353. The van der Waals surface area contributed by atoms with Gasteiger partial charge in [-0.1, -0.05) is 6.42 Å². The van der Waals surface area contributed by atoms with Crippen LogP contribution in [0.15, 0.2) is 4.99 Å². The maximum Gasteiger partial charge on any atom is 0.242 e. The highest BCUT2D eigenvalue weighted by atomic mass is 16.2. The number of amides is 2. The maximum absolute atomic E-state index is 11.5. The molecule has 0 radical (unpaired) electrons. The van der Waals surface area contributed by atoms with Gasteiger partial charge in [-0.05, 0) is 12.8 Å². The van der Waals surface area contributed by atoms with Gasteiger partial charge >= 0.3 is 0 Å². The molecule has 2 aliphatic rings. The van der Waals surface area contributed by atoms with E-state index in [1.54, 1.807) is 0 Å². The number of hydrogen-bond acceptors (Lipinski definition) is 4. The van der Waals surface area contributed by atoms with Gasteiger partial charge in [-0.3, -0.25) is 20.2 Å². The van der Waals surface area contributed by atoms with Crippen LogP contribution in [0.3, 0.4) is 0 Å². The van der Waals surface area contributed by atoms with Crippen LogP contribution in [0.4, 0.5) is 0 Å². The lowest BCUT2D eigenvalue weighted by molar-refractivity contribution is -0.149. The molecule has 0 atom stereocenters. The summed E-state index contributed by atoms with van der Waals surface area (Å²) in [5.41, 5.74) is -0.894. The Hall–Kier alpha value is -1.90. The molecule has 2 rings (SSSR count). The molecule has 1 aliphatic carbocycles. The number of nitriles is 1. The largest absolute Gasteiger partial charge is 0.295 e. The van der Waals surface area contributed by atoms with E-state index in [9.17, 15) is 9.59 Å². The highest BCUT2D eigenvalue weighted by molar-refractivity contribution is 6.21. The van der Waals surface area contributed by atoms with E-state index < -0.39 is 5.41 Å². The van der Waals surface area contributed by atoms with Crippen LogP contribution in [-0.2, 0) is 9.59 Å². The number of nitrogens with one attached hydrogen (secondary N) is 2. The van der Waals surface area contributed by atoms with E-state index in [1.165, 1.54) is 6.19 Å². The average molecular weight is 192 g/mol. The normalized spacial score (nSPS) is 23.2. The molecule has 2 amide bonds. The average Bonchev–Trinajstić information content (AvgIpc) is 2.00. The monoisotopic (exact) mass is 192 g/mol. The topological polar surface area (TPSA) is 94.3 Å². The van der Waals surface area contributed by atoms with Gasteiger partial charge in [0.05, 0.1) is 0 Å². The predicted octanol–water partition coefficient (Wildman–Crippen LogP) is -0.760. The predicted molar refractivity (Wildman–Crippen MR) is 45.6 cm³/mol. The van der Waals surface area contributed by atoms with E-state index in [4.69, 9.17) is 5.26 Å². The first kappa shape index (κ1) is 8.69. The van der Waals surface area contributed by atoms with Crippen LogP contribution in [0.1, 0.15) is 19.3 Å². The van der Waals surface area contributed by atoms with Crippen LogP contribution in [0.2, 0.25) is 0 Å². The molecule has 0 unspecified atom stereocenters. The molecule has 0 bridgehead atoms. The molecular formula is C8H8N4O2. The van der Waals surface area contributed by atoms with Crippen molar-refractivity contribution in [1.29, 1.82) is 5.26 Å². The third-order valence-electron chi connectivity index (χ3n) is 2.70. The first-order chi connectivity index (χ1) is 6.69. The Labute approximate surface area is 80.0 Å². The second kappa shape index (κ2) is 2.80. The number of rotatable bonds is 0. The molecule has 0 aromatic carbocycles. The van der Waals surface area contributed by atoms with Gasteiger partial charge in [-0.2, -0.15) is 5.26 Å². The van der Waals surface area contributed by atoms with Crippen molar-refractivity contribution in [3.05, 3.63) is 0 Å². The second-order valence-corrected chi connectivity index (χ2v) is 3.40. The molecule has 1 saturated heterocycles. The first-order valence-electron chi connectivity index (χ1n) is 4.29. The van der Waals surface area contributed by atoms with Crippen molar-refractivity contribution < 1.29 is 9.59 Å². The molecule has 1 heterocycles. The molecule has 1 aliphatic heterocycles. The van der Waals surface area contributed by atoms with Crippen LogP contribution in [0.5, 0.6) is 0 Å². The van der Waals surface area contributed by atoms with E-state index in [-0.39, 0.29) is 17.8 Å². The summed E-state index contributed by atoms with van der Waals surface area (Å²) < 4.78 is 0. The molecule has 6 heteroatoms. The van der Waals surface area contributed by atoms with E-state index in [0.29, 0.717) is 12.8 Å². The quantitative estimate of drug-likeness (QED) is 0.390. The fraction of sp³-hybridized carbons (Fsp3) is 0.500. The summed E-state index contributed by atoms with van der Waals surface area (Å²) in [6.45, 7) is 0. The van der Waals surface area contributed by atoms with Crippen LogP contribution in [0.25, 0.3) is 0 Å². The van der Waals surface area contributed by atoms with Crippen molar-refractivity contribution in [1.82, 2.24) is 10.6 Å². The van der Waals surface area contributed by atoms with E-state index >= 15 is 0 Å². The van der Waals surface area contributed by atoms with Gasteiger partial charge < -0.3 is 0 Å². The van der Waals surface area contributed by atoms with Gasteiger partial charge in [0.25, 0.3) is 0 Å². The van der Waals surface area contributed by atoms with Gasteiger partial charge in [0.1, 0.15) is 5.41 Å². The Balaban J connectivity index is 2.24. The maximum atomic E-state index is 11.5. The summed E-state index contributed by atoms with van der Waals surface area (Å²) in [6, 6.07) is 0. The molecule has 1 saturated carbocycles. The van der Waals surface area contributed by atoms with Crippen LogP contribution in [-0.4, -0.2) is 17.8 Å². The number of nitrogens with zero attached hydrogens (tertiary/aromatic N) is 2. The van der Waals surface area contributed by atoms with E-state index in [1.807, 2.05) is 0 Å². The molecule has 1 spiro atoms. The fourth-order valence-electron chi connectivity index (χ4n) is 1.68. The van der Waals surface area contributed by atoms with Crippen molar-refractivity contribution >= 4 is 17.8 Å². The lowest BCUT2D eigenvalue weighted by Crippen LogP contribution is -2.65. The third-order valence-corrected chi connectivity index (χ3v) is 2.70. The highest BCUT2D eigenvalue weighted by Gasteiger charge is 2.53. The minimum absolute atomic E-state index is 0.0694. The first-order valence-corrected chi connectivity index (χ1v) is 4.29. The fourth-order valence-corrected chi connectivity index (χ4v) is 1.68. The van der Waals surface area contributed by atoms with Gasteiger partial charge in [0.15, 0.2) is 0 Å². The summed E-state index contributed by atoms with van der Waals surface area (Å²) in [5.74, 6) is -0.761. The number of aliphatic imine (C=N–C) groups is 1. The standard InChI is InChI=1S/C8H8N4O2/c9-4-10-7-11-5(13)8(2-1-3-8)6(14)12-7/h1-3H2,(H2,10,11,12,13,14). The molecule has 2 N–H and O–H groups in total. The number of carbonyl (C=O) groups excluding carboxylic acids is 2. The molecule has 6 nitrogen and oxygen atoms in total.